The van der Waals surface area contributed by atoms with Crippen molar-refractivity contribution in [3.8, 4) is 5.75 Å². The molecule has 0 spiro atoms. The minimum Gasteiger partial charge on any atom is -0.484 e. The quantitative estimate of drug-likeness (QED) is 0.817. The van der Waals surface area contributed by atoms with E-state index in [0.717, 1.165) is 18.8 Å². The number of amides is 1. The average Bonchev–Trinajstić information content (AvgIpc) is 3.17. The molecule has 1 aliphatic rings. The lowest BCUT2D eigenvalue weighted by molar-refractivity contribution is -0.123. The van der Waals surface area contributed by atoms with E-state index in [4.69, 9.17) is 25.5 Å². The monoisotopic (exact) mass is 364 g/mol. The molecule has 0 bridgehead atoms. The van der Waals surface area contributed by atoms with E-state index in [9.17, 15) is 4.79 Å². The SMILES string of the molecule is O=C(COc1ccc(Cl)cc1)NCC(c1ccco1)N1CCOCC1. The van der Waals surface area contributed by atoms with Gasteiger partial charge in [-0.2, -0.15) is 0 Å². The third kappa shape index (κ3) is 5.22. The Kier molecular flexibility index (Phi) is 6.33. The van der Waals surface area contributed by atoms with Crippen LogP contribution in [0, 0.1) is 0 Å². The molecule has 25 heavy (non-hydrogen) atoms. The van der Waals surface area contributed by atoms with Crippen molar-refractivity contribution in [1.29, 1.82) is 0 Å². The predicted octanol–water partition coefficient (Wildman–Crippen LogP) is 2.50. The van der Waals surface area contributed by atoms with E-state index >= 15 is 0 Å². The second-order valence-electron chi connectivity index (χ2n) is 5.73. The number of rotatable bonds is 7. The standard InChI is InChI=1S/C18H21ClN2O4/c19-14-3-5-15(6-4-14)25-13-18(22)20-12-16(17-2-1-9-24-17)21-7-10-23-11-8-21/h1-6,9,16H,7-8,10-13H2,(H,20,22). The molecule has 3 rings (SSSR count). The molecule has 1 aromatic carbocycles. The Bertz CT molecular complexity index is 654. The maximum atomic E-state index is 12.1. The Morgan fingerprint density at radius 2 is 2.00 bits per heavy atom. The fourth-order valence-electron chi connectivity index (χ4n) is 2.72. The van der Waals surface area contributed by atoms with Crippen molar-refractivity contribution in [2.24, 2.45) is 0 Å². The van der Waals surface area contributed by atoms with Crippen LogP contribution in [0.3, 0.4) is 0 Å². The van der Waals surface area contributed by atoms with Crippen LogP contribution in [0.5, 0.6) is 5.75 Å². The molecule has 1 amide bonds. The van der Waals surface area contributed by atoms with Crippen molar-refractivity contribution in [3.05, 3.63) is 53.4 Å². The number of hydrogen-bond donors (Lipinski definition) is 1. The second kappa shape index (κ2) is 8.89. The molecular formula is C18H21ClN2O4. The summed E-state index contributed by atoms with van der Waals surface area (Å²) < 4.78 is 16.4. The summed E-state index contributed by atoms with van der Waals surface area (Å²) in [6.07, 6.45) is 1.65. The highest BCUT2D eigenvalue weighted by Gasteiger charge is 2.25. The number of ether oxygens (including phenoxy) is 2. The second-order valence-corrected chi connectivity index (χ2v) is 6.16. The zero-order chi connectivity index (χ0) is 17.5. The van der Waals surface area contributed by atoms with E-state index in [1.54, 1.807) is 30.5 Å². The van der Waals surface area contributed by atoms with Gasteiger partial charge in [0.25, 0.3) is 5.91 Å². The van der Waals surface area contributed by atoms with Crippen molar-refractivity contribution in [3.63, 3.8) is 0 Å². The molecule has 7 heteroatoms. The van der Waals surface area contributed by atoms with E-state index in [1.165, 1.54) is 0 Å². The Hall–Kier alpha value is -2.02. The molecule has 1 atom stereocenters. The van der Waals surface area contributed by atoms with Gasteiger partial charge in [0, 0.05) is 24.7 Å². The molecule has 1 fully saturated rings. The van der Waals surface area contributed by atoms with Gasteiger partial charge in [0.2, 0.25) is 0 Å². The first kappa shape index (κ1) is 17.8. The molecule has 0 aliphatic carbocycles. The van der Waals surface area contributed by atoms with Crippen LogP contribution in [0.1, 0.15) is 11.8 Å². The van der Waals surface area contributed by atoms with Crippen LogP contribution in [0.15, 0.2) is 47.1 Å². The number of furan rings is 1. The number of morpholine rings is 1. The summed E-state index contributed by atoms with van der Waals surface area (Å²) >= 11 is 5.82. The zero-order valence-electron chi connectivity index (χ0n) is 13.8. The summed E-state index contributed by atoms with van der Waals surface area (Å²) in [5, 5.41) is 3.55. The normalized spacial score (nSPS) is 16.4. The fraction of sp³-hybridized carbons (Fsp3) is 0.389. The summed E-state index contributed by atoms with van der Waals surface area (Å²) in [4.78, 5) is 14.4. The van der Waals surface area contributed by atoms with Crippen molar-refractivity contribution in [2.75, 3.05) is 39.5 Å². The van der Waals surface area contributed by atoms with Crippen LogP contribution in [0.4, 0.5) is 0 Å². The Labute approximate surface area is 151 Å². The van der Waals surface area contributed by atoms with Crippen LogP contribution in [0.2, 0.25) is 5.02 Å². The van der Waals surface area contributed by atoms with E-state index in [-0.39, 0.29) is 18.6 Å². The average molecular weight is 365 g/mol. The summed E-state index contributed by atoms with van der Waals surface area (Å²) in [6.45, 7) is 3.40. The van der Waals surface area contributed by atoms with Gasteiger partial charge in [0.1, 0.15) is 11.5 Å². The smallest absolute Gasteiger partial charge is 0.258 e. The summed E-state index contributed by atoms with van der Waals surface area (Å²) in [5.41, 5.74) is 0. The lowest BCUT2D eigenvalue weighted by atomic mass is 10.1. The van der Waals surface area contributed by atoms with Gasteiger partial charge in [-0.25, -0.2) is 0 Å². The van der Waals surface area contributed by atoms with E-state index in [2.05, 4.69) is 10.2 Å². The Morgan fingerprint density at radius 1 is 1.24 bits per heavy atom. The van der Waals surface area contributed by atoms with Gasteiger partial charge in [-0.15, -0.1) is 0 Å². The van der Waals surface area contributed by atoms with Gasteiger partial charge in [-0.1, -0.05) is 11.6 Å². The van der Waals surface area contributed by atoms with Crippen LogP contribution in [-0.4, -0.2) is 50.3 Å². The minimum atomic E-state index is -0.181. The third-order valence-electron chi connectivity index (χ3n) is 4.03. The van der Waals surface area contributed by atoms with Crippen LogP contribution in [0.25, 0.3) is 0 Å². The molecule has 134 valence electrons. The number of hydrogen-bond acceptors (Lipinski definition) is 5. The van der Waals surface area contributed by atoms with Crippen molar-refractivity contribution in [2.45, 2.75) is 6.04 Å². The van der Waals surface area contributed by atoms with Gasteiger partial charge < -0.3 is 19.2 Å². The fourth-order valence-corrected chi connectivity index (χ4v) is 2.85. The first-order valence-electron chi connectivity index (χ1n) is 8.22. The van der Waals surface area contributed by atoms with Gasteiger partial charge in [-0.3, -0.25) is 9.69 Å². The molecule has 2 heterocycles. The summed E-state index contributed by atoms with van der Waals surface area (Å²) in [6, 6.07) is 10.7. The van der Waals surface area contributed by atoms with Gasteiger partial charge >= 0.3 is 0 Å². The molecule has 1 N–H and O–H groups in total. The summed E-state index contributed by atoms with van der Waals surface area (Å²) in [5.74, 6) is 1.26. The van der Waals surface area contributed by atoms with Crippen molar-refractivity contribution < 1.29 is 18.7 Å². The molecule has 0 radical (unpaired) electrons. The molecule has 1 saturated heterocycles. The number of carbonyl (C=O) groups is 1. The van der Waals surface area contributed by atoms with Crippen molar-refractivity contribution in [1.82, 2.24) is 10.2 Å². The van der Waals surface area contributed by atoms with Gasteiger partial charge in [0.15, 0.2) is 6.61 Å². The first-order valence-corrected chi connectivity index (χ1v) is 8.60. The first-order chi connectivity index (χ1) is 12.2. The van der Waals surface area contributed by atoms with Crippen LogP contribution in [-0.2, 0) is 9.53 Å². The van der Waals surface area contributed by atoms with Crippen LogP contribution < -0.4 is 10.1 Å². The van der Waals surface area contributed by atoms with E-state index < -0.39 is 0 Å². The zero-order valence-corrected chi connectivity index (χ0v) is 14.6. The molecule has 6 nitrogen and oxygen atoms in total. The van der Waals surface area contributed by atoms with Gasteiger partial charge in [-0.05, 0) is 36.4 Å². The largest absolute Gasteiger partial charge is 0.484 e. The molecule has 1 aliphatic heterocycles. The third-order valence-corrected chi connectivity index (χ3v) is 4.29. The topological polar surface area (TPSA) is 63.9 Å². The Balaban J connectivity index is 1.51. The van der Waals surface area contributed by atoms with Gasteiger partial charge in [0.05, 0.1) is 25.5 Å². The Morgan fingerprint density at radius 3 is 2.68 bits per heavy atom. The highest BCUT2D eigenvalue weighted by Crippen LogP contribution is 2.21. The van der Waals surface area contributed by atoms with E-state index in [1.807, 2.05) is 12.1 Å². The lowest BCUT2D eigenvalue weighted by Crippen LogP contribution is -2.44. The predicted molar refractivity (Wildman–Crippen MR) is 93.8 cm³/mol. The minimum absolute atomic E-state index is 0.0154. The molecule has 1 unspecified atom stereocenters. The molecular weight excluding hydrogens is 344 g/mol. The highest BCUT2D eigenvalue weighted by atomic mass is 35.5. The summed E-state index contributed by atoms with van der Waals surface area (Å²) in [7, 11) is 0. The van der Waals surface area contributed by atoms with E-state index in [0.29, 0.717) is 30.5 Å². The number of nitrogens with zero attached hydrogens (tertiary/aromatic N) is 1. The number of benzene rings is 1. The number of halogens is 1. The maximum Gasteiger partial charge on any atom is 0.258 e. The maximum absolute atomic E-state index is 12.1. The molecule has 2 aromatic rings. The van der Waals surface area contributed by atoms with Crippen LogP contribution >= 0.6 is 11.6 Å². The number of carbonyl (C=O) groups excluding carboxylic acids is 1. The molecule has 1 aromatic heterocycles. The lowest BCUT2D eigenvalue weighted by Gasteiger charge is -2.33. The van der Waals surface area contributed by atoms with Crippen molar-refractivity contribution >= 4 is 17.5 Å². The highest BCUT2D eigenvalue weighted by molar-refractivity contribution is 6.30. The molecule has 0 saturated carbocycles. The number of nitrogens with one attached hydrogen (secondary N) is 1.